The summed E-state index contributed by atoms with van der Waals surface area (Å²) in [5.74, 6) is 0. The van der Waals surface area contributed by atoms with Crippen molar-refractivity contribution in [2.45, 2.75) is 20.8 Å². The Morgan fingerprint density at radius 2 is 1.38 bits per heavy atom. The van der Waals surface area contributed by atoms with Crippen LogP contribution in [-0.2, 0) is 0 Å². The molecular formula is C11H17NO. The fourth-order valence-electron chi connectivity index (χ4n) is 2.02. The van der Waals surface area contributed by atoms with Crippen LogP contribution in [0.25, 0.3) is 0 Å². The van der Waals surface area contributed by atoms with Gasteiger partial charge in [-0.25, -0.2) is 0 Å². The van der Waals surface area contributed by atoms with Crippen LogP contribution in [0, 0.1) is 26.0 Å². The number of nitrogens with zero attached hydrogens (tertiary/aromatic N) is 1. The first kappa shape index (κ1) is 10.2. The van der Waals surface area contributed by atoms with Crippen LogP contribution in [0.5, 0.6) is 0 Å². The van der Waals surface area contributed by atoms with Crippen molar-refractivity contribution >= 4 is 5.69 Å². The summed E-state index contributed by atoms with van der Waals surface area (Å²) in [6.07, 6.45) is 0. The van der Waals surface area contributed by atoms with E-state index in [4.69, 9.17) is 0 Å². The molecule has 0 unspecified atom stereocenters. The van der Waals surface area contributed by atoms with Crippen molar-refractivity contribution in [3.63, 3.8) is 0 Å². The van der Waals surface area contributed by atoms with Crippen LogP contribution in [0.15, 0.2) is 12.1 Å². The maximum Gasteiger partial charge on any atom is 0.138 e. The molecule has 0 N–H and O–H groups in total. The number of rotatable bonds is 1. The average molecular weight is 179 g/mol. The smallest absolute Gasteiger partial charge is 0.138 e. The van der Waals surface area contributed by atoms with E-state index in [-0.39, 0.29) is 4.65 Å². The highest BCUT2D eigenvalue weighted by Crippen LogP contribution is 2.28. The first-order valence-electron chi connectivity index (χ1n) is 4.46. The molecule has 1 aromatic rings. The van der Waals surface area contributed by atoms with Crippen LogP contribution in [0.1, 0.15) is 16.7 Å². The molecule has 0 saturated heterocycles. The summed E-state index contributed by atoms with van der Waals surface area (Å²) in [5, 5.41) is 11.8. The Morgan fingerprint density at radius 1 is 1.00 bits per heavy atom. The molecule has 0 saturated carbocycles. The second-order valence-electron chi connectivity index (χ2n) is 4.10. The monoisotopic (exact) mass is 179 g/mol. The number of quaternary nitrogens is 1. The van der Waals surface area contributed by atoms with Crippen molar-refractivity contribution in [1.29, 1.82) is 0 Å². The fraction of sp³-hybridized carbons (Fsp3) is 0.455. The number of hydroxylamine groups is 2. The van der Waals surface area contributed by atoms with Crippen LogP contribution in [-0.4, -0.2) is 14.1 Å². The molecule has 1 rings (SSSR count). The molecule has 0 aromatic heterocycles. The van der Waals surface area contributed by atoms with Gasteiger partial charge in [-0.15, -0.1) is 0 Å². The molecule has 72 valence electrons. The Bertz CT molecular complexity index is 300. The standard InChI is InChI=1S/C11H17NO/c1-8-6-9(2)11(10(3)7-8)12(4,5)13/h6-7H,1-5H3. The van der Waals surface area contributed by atoms with Gasteiger partial charge in [-0.1, -0.05) is 17.7 Å². The lowest BCUT2D eigenvalue weighted by Gasteiger charge is -2.35. The van der Waals surface area contributed by atoms with E-state index in [0.29, 0.717) is 0 Å². The second kappa shape index (κ2) is 3.13. The molecule has 0 aliphatic rings. The summed E-state index contributed by atoms with van der Waals surface area (Å²) < 4.78 is -0.349. The molecule has 1 aromatic carbocycles. The predicted molar refractivity (Wildman–Crippen MR) is 57.7 cm³/mol. The molecule has 0 spiro atoms. The van der Waals surface area contributed by atoms with Crippen LogP contribution in [0.2, 0.25) is 0 Å². The fourth-order valence-corrected chi connectivity index (χ4v) is 2.02. The number of hydrogen-bond donors (Lipinski definition) is 0. The first-order valence-corrected chi connectivity index (χ1v) is 4.46. The van der Waals surface area contributed by atoms with Gasteiger partial charge >= 0.3 is 0 Å². The molecule has 0 atom stereocenters. The van der Waals surface area contributed by atoms with E-state index < -0.39 is 0 Å². The molecule has 0 heterocycles. The number of aryl methyl sites for hydroxylation is 3. The highest BCUT2D eigenvalue weighted by molar-refractivity contribution is 5.57. The van der Waals surface area contributed by atoms with Crippen LogP contribution in [0.3, 0.4) is 0 Å². The Balaban J connectivity index is 3.38. The van der Waals surface area contributed by atoms with Gasteiger partial charge in [-0.2, -0.15) is 0 Å². The van der Waals surface area contributed by atoms with Crippen LogP contribution in [0.4, 0.5) is 5.69 Å². The minimum Gasteiger partial charge on any atom is -0.628 e. The quantitative estimate of drug-likeness (QED) is 0.480. The van der Waals surface area contributed by atoms with E-state index in [1.807, 2.05) is 13.8 Å². The summed E-state index contributed by atoms with van der Waals surface area (Å²) in [4.78, 5) is 0. The van der Waals surface area contributed by atoms with Gasteiger partial charge < -0.3 is 9.85 Å². The average Bonchev–Trinajstić information content (AvgIpc) is 1.78. The summed E-state index contributed by atoms with van der Waals surface area (Å²) >= 11 is 0. The summed E-state index contributed by atoms with van der Waals surface area (Å²) in [5.41, 5.74) is 4.26. The Morgan fingerprint density at radius 3 is 1.69 bits per heavy atom. The van der Waals surface area contributed by atoms with Crippen molar-refractivity contribution in [2.75, 3.05) is 14.1 Å². The number of benzene rings is 1. The summed E-state index contributed by atoms with van der Waals surface area (Å²) in [6.45, 7) is 6.04. The molecule has 0 aliphatic carbocycles. The van der Waals surface area contributed by atoms with E-state index in [2.05, 4.69) is 19.1 Å². The van der Waals surface area contributed by atoms with Gasteiger partial charge in [0, 0.05) is 11.1 Å². The lowest BCUT2D eigenvalue weighted by atomic mass is 10.0. The third-order valence-corrected chi connectivity index (χ3v) is 2.17. The van der Waals surface area contributed by atoms with Gasteiger partial charge in [0.1, 0.15) is 5.69 Å². The predicted octanol–water partition coefficient (Wildman–Crippen LogP) is 2.68. The maximum atomic E-state index is 11.8. The van der Waals surface area contributed by atoms with Gasteiger partial charge in [0.05, 0.1) is 14.1 Å². The maximum absolute atomic E-state index is 11.8. The van der Waals surface area contributed by atoms with E-state index in [0.717, 1.165) is 16.8 Å². The van der Waals surface area contributed by atoms with Crippen molar-refractivity contribution in [3.8, 4) is 0 Å². The van der Waals surface area contributed by atoms with Gasteiger partial charge in [0.25, 0.3) is 0 Å². The van der Waals surface area contributed by atoms with E-state index in [1.165, 1.54) is 5.56 Å². The molecule has 0 bridgehead atoms. The molecule has 0 fully saturated rings. The van der Waals surface area contributed by atoms with E-state index in [1.54, 1.807) is 14.1 Å². The molecule has 2 nitrogen and oxygen atoms in total. The van der Waals surface area contributed by atoms with Gasteiger partial charge in [0.2, 0.25) is 0 Å². The van der Waals surface area contributed by atoms with Crippen molar-refractivity contribution in [3.05, 3.63) is 34.0 Å². The molecule has 13 heavy (non-hydrogen) atoms. The third kappa shape index (κ3) is 2.08. The largest absolute Gasteiger partial charge is 0.628 e. The van der Waals surface area contributed by atoms with Crippen molar-refractivity contribution in [1.82, 2.24) is 4.65 Å². The highest BCUT2D eigenvalue weighted by Gasteiger charge is 2.14. The zero-order chi connectivity index (χ0) is 10.2. The van der Waals surface area contributed by atoms with Gasteiger partial charge in [-0.05, 0) is 20.8 Å². The topological polar surface area (TPSA) is 23.1 Å². The Labute approximate surface area is 80.0 Å². The SMILES string of the molecule is Cc1cc(C)c([N+](C)(C)[O-])c(C)c1. The normalized spacial score (nSPS) is 11.8. The zero-order valence-corrected chi connectivity index (χ0v) is 9.01. The summed E-state index contributed by atoms with van der Waals surface area (Å²) in [7, 11) is 3.31. The second-order valence-corrected chi connectivity index (χ2v) is 4.10. The van der Waals surface area contributed by atoms with Crippen molar-refractivity contribution in [2.24, 2.45) is 0 Å². The van der Waals surface area contributed by atoms with Crippen LogP contribution >= 0.6 is 0 Å². The molecule has 2 heteroatoms. The van der Waals surface area contributed by atoms with Crippen molar-refractivity contribution < 1.29 is 0 Å². The molecular weight excluding hydrogens is 162 g/mol. The van der Waals surface area contributed by atoms with Gasteiger partial charge in [0.15, 0.2) is 0 Å². The lowest BCUT2D eigenvalue weighted by molar-refractivity contribution is 0.537. The Hall–Kier alpha value is -0.860. The molecule has 0 amide bonds. The minimum absolute atomic E-state index is 0.349. The molecule has 0 radical (unpaired) electrons. The highest BCUT2D eigenvalue weighted by atomic mass is 16.5. The van der Waals surface area contributed by atoms with Crippen LogP contribution < -0.4 is 4.65 Å². The summed E-state index contributed by atoms with van der Waals surface area (Å²) in [6, 6.07) is 4.11. The lowest BCUT2D eigenvalue weighted by Crippen LogP contribution is -2.34. The Kier molecular flexibility index (Phi) is 2.46. The van der Waals surface area contributed by atoms with Gasteiger partial charge in [-0.3, -0.25) is 0 Å². The third-order valence-electron chi connectivity index (χ3n) is 2.17. The zero-order valence-electron chi connectivity index (χ0n) is 9.01. The minimum atomic E-state index is -0.349. The van der Waals surface area contributed by atoms with E-state index >= 15 is 0 Å². The van der Waals surface area contributed by atoms with E-state index in [9.17, 15) is 5.21 Å². The number of hydrogen-bond acceptors (Lipinski definition) is 1. The first-order chi connectivity index (χ1) is 5.82. The molecule has 0 aliphatic heterocycles.